The summed E-state index contributed by atoms with van der Waals surface area (Å²) >= 11 is 0. The summed E-state index contributed by atoms with van der Waals surface area (Å²) in [6.07, 6.45) is 0. The lowest BCUT2D eigenvalue weighted by Crippen LogP contribution is -2.34. The van der Waals surface area contributed by atoms with Crippen LogP contribution in [0.3, 0.4) is 0 Å². The van der Waals surface area contributed by atoms with Crippen LogP contribution in [0, 0.1) is 0 Å². The van der Waals surface area contributed by atoms with Crippen LogP contribution >= 0.6 is 0 Å². The number of nitrogens with one attached hydrogen (secondary N) is 1. The van der Waals surface area contributed by atoms with E-state index in [9.17, 15) is 0 Å². The van der Waals surface area contributed by atoms with Crippen molar-refractivity contribution in [2.24, 2.45) is 0 Å². The van der Waals surface area contributed by atoms with Crippen LogP contribution in [0.15, 0.2) is 0 Å². The van der Waals surface area contributed by atoms with E-state index in [1.807, 2.05) is 0 Å². The minimum atomic E-state index is 0. The summed E-state index contributed by atoms with van der Waals surface area (Å²) in [5, 5.41) is 3.17. The zero-order valence-electron chi connectivity index (χ0n) is 5.53. The van der Waals surface area contributed by atoms with Crippen molar-refractivity contribution in [1.82, 2.24) is 11.5 Å². The molecule has 3 heteroatoms. The lowest BCUT2D eigenvalue weighted by molar-refractivity contribution is 0.182. The smallest absolute Gasteiger partial charge is 0.0971 e. The molecular formula is C5H14N2O. The Labute approximate surface area is 50.0 Å². The molecule has 0 aromatic heterocycles. The van der Waals surface area contributed by atoms with E-state index in [-0.39, 0.29) is 11.7 Å². The van der Waals surface area contributed by atoms with Crippen LogP contribution in [-0.4, -0.2) is 18.9 Å². The van der Waals surface area contributed by atoms with Gasteiger partial charge in [-0.15, -0.1) is 0 Å². The maximum atomic E-state index is 5.05. The highest BCUT2D eigenvalue weighted by Crippen LogP contribution is 2.06. The van der Waals surface area contributed by atoms with Gasteiger partial charge in [0, 0.05) is 5.54 Å². The number of hydrogen-bond donors (Lipinski definition) is 2. The molecule has 1 rings (SSSR count). The molecule has 0 spiro atoms. The fourth-order valence-corrected chi connectivity index (χ4v) is 0.604. The number of rotatable bonds is 0. The first-order chi connectivity index (χ1) is 3.21. The lowest BCUT2D eigenvalue weighted by Gasteiger charge is -2.12. The molecule has 0 radical (unpaired) electrons. The van der Waals surface area contributed by atoms with E-state index in [1.165, 1.54) is 0 Å². The molecule has 1 fully saturated rings. The first-order valence-electron chi connectivity index (χ1n) is 2.53. The van der Waals surface area contributed by atoms with Crippen molar-refractivity contribution in [3.05, 3.63) is 0 Å². The molecule has 1 heterocycles. The molecule has 0 aromatic rings. The molecule has 0 bridgehead atoms. The van der Waals surface area contributed by atoms with Crippen LogP contribution in [-0.2, 0) is 4.74 Å². The number of hydrogen-bond acceptors (Lipinski definition) is 3. The molecule has 3 nitrogen and oxygen atoms in total. The topological polar surface area (TPSA) is 56.3 Å². The quantitative estimate of drug-likeness (QED) is 0.487. The molecule has 1 aliphatic rings. The van der Waals surface area contributed by atoms with Gasteiger partial charge in [0.15, 0.2) is 0 Å². The minimum absolute atomic E-state index is 0. The van der Waals surface area contributed by atoms with Gasteiger partial charge in [0.1, 0.15) is 0 Å². The molecule has 0 atom stereocenters. The van der Waals surface area contributed by atoms with Crippen molar-refractivity contribution in [3.8, 4) is 0 Å². The molecule has 0 amide bonds. The van der Waals surface area contributed by atoms with E-state index in [1.54, 1.807) is 0 Å². The minimum Gasteiger partial charge on any atom is -0.364 e. The fraction of sp³-hybridized carbons (Fsp3) is 1.00. The van der Waals surface area contributed by atoms with Crippen molar-refractivity contribution >= 4 is 0 Å². The molecule has 0 unspecified atom stereocenters. The first kappa shape index (κ1) is 7.88. The third kappa shape index (κ3) is 1.78. The Bertz CT molecular complexity index is 64.8. The van der Waals surface area contributed by atoms with Gasteiger partial charge in [-0.05, 0) is 13.8 Å². The summed E-state index contributed by atoms with van der Waals surface area (Å²) in [5.74, 6) is 0. The van der Waals surface area contributed by atoms with Gasteiger partial charge in [0.25, 0.3) is 0 Å². The lowest BCUT2D eigenvalue weighted by atomic mass is 10.1. The summed E-state index contributed by atoms with van der Waals surface area (Å²) in [4.78, 5) is 0. The van der Waals surface area contributed by atoms with Crippen LogP contribution in [0.25, 0.3) is 0 Å². The van der Waals surface area contributed by atoms with E-state index in [0.29, 0.717) is 6.73 Å². The maximum Gasteiger partial charge on any atom is 0.0971 e. The molecule has 50 valence electrons. The Balaban J connectivity index is 0.000000490. The zero-order valence-corrected chi connectivity index (χ0v) is 5.53. The second-order valence-electron chi connectivity index (χ2n) is 2.55. The molecule has 0 aromatic carbocycles. The van der Waals surface area contributed by atoms with E-state index in [0.717, 1.165) is 6.61 Å². The Kier molecular flexibility index (Phi) is 2.40. The standard InChI is InChI=1S/C5H11NO.H3N/c1-5(2)3-7-4-6-5;/h6H,3-4H2,1-2H3;1H3. The number of ether oxygens (including phenoxy) is 1. The third-order valence-corrected chi connectivity index (χ3v) is 1.12. The Morgan fingerprint density at radius 2 is 2.12 bits per heavy atom. The largest absolute Gasteiger partial charge is 0.364 e. The van der Waals surface area contributed by atoms with Crippen LogP contribution < -0.4 is 11.5 Å². The first-order valence-corrected chi connectivity index (χ1v) is 2.53. The zero-order chi connectivity index (χ0) is 5.33. The summed E-state index contributed by atoms with van der Waals surface area (Å²) in [6, 6.07) is 0. The van der Waals surface area contributed by atoms with Gasteiger partial charge in [-0.1, -0.05) is 0 Å². The van der Waals surface area contributed by atoms with Crippen molar-refractivity contribution in [2.45, 2.75) is 19.4 Å². The highest BCUT2D eigenvalue weighted by molar-refractivity contribution is 4.78. The van der Waals surface area contributed by atoms with Gasteiger partial charge in [0.2, 0.25) is 0 Å². The van der Waals surface area contributed by atoms with Crippen molar-refractivity contribution in [1.29, 1.82) is 0 Å². The highest BCUT2D eigenvalue weighted by Gasteiger charge is 2.21. The molecule has 4 N–H and O–H groups in total. The predicted molar refractivity (Wildman–Crippen MR) is 33.1 cm³/mol. The van der Waals surface area contributed by atoms with Crippen molar-refractivity contribution in [2.75, 3.05) is 13.3 Å². The molecule has 1 aliphatic heterocycles. The summed E-state index contributed by atoms with van der Waals surface area (Å²) in [6.45, 7) is 5.81. The normalized spacial score (nSPS) is 24.8. The predicted octanol–water partition coefficient (Wildman–Crippen LogP) is 0.504. The molecule has 0 saturated carbocycles. The maximum absolute atomic E-state index is 5.05. The van der Waals surface area contributed by atoms with Gasteiger partial charge >= 0.3 is 0 Å². The SMILES string of the molecule is CC1(C)COCN1.N. The highest BCUT2D eigenvalue weighted by atomic mass is 16.5. The summed E-state index contributed by atoms with van der Waals surface area (Å²) in [7, 11) is 0. The Hall–Kier alpha value is -0.120. The van der Waals surface area contributed by atoms with Crippen LogP contribution in [0.4, 0.5) is 0 Å². The van der Waals surface area contributed by atoms with Gasteiger partial charge in [-0.25, -0.2) is 0 Å². The monoisotopic (exact) mass is 118 g/mol. The van der Waals surface area contributed by atoms with E-state index < -0.39 is 0 Å². The average Bonchev–Trinajstić information content (AvgIpc) is 1.84. The Morgan fingerprint density at radius 3 is 2.25 bits per heavy atom. The van der Waals surface area contributed by atoms with Crippen LogP contribution in [0.2, 0.25) is 0 Å². The van der Waals surface area contributed by atoms with E-state index in [2.05, 4.69) is 19.2 Å². The van der Waals surface area contributed by atoms with Crippen LogP contribution in [0.1, 0.15) is 13.8 Å². The van der Waals surface area contributed by atoms with Gasteiger partial charge in [-0.2, -0.15) is 0 Å². The third-order valence-electron chi connectivity index (χ3n) is 1.12. The van der Waals surface area contributed by atoms with E-state index >= 15 is 0 Å². The molecule has 0 aliphatic carbocycles. The second-order valence-corrected chi connectivity index (χ2v) is 2.55. The second kappa shape index (κ2) is 2.44. The van der Waals surface area contributed by atoms with Gasteiger partial charge in [-0.3, -0.25) is 5.32 Å². The average molecular weight is 118 g/mol. The van der Waals surface area contributed by atoms with Crippen LogP contribution in [0.5, 0.6) is 0 Å². The summed E-state index contributed by atoms with van der Waals surface area (Å²) in [5.41, 5.74) is 0.222. The molecule has 1 saturated heterocycles. The summed E-state index contributed by atoms with van der Waals surface area (Å²) < 4.78 is 5.05. The van der Waals surface area contributed by atoms with Crippen molar-refractivity contribution < 1.29 is 4.74 Å². The fourth-order valence-electron chi connectivity index (χ4n) is 0.604. The molecular weight excluding hydrogens is 104 g/mol. The van der Waals surface area contributed by atoms with Crippen molar-refractivity contribution in [3.63, 3.8) is 0 Å². The molecule has 8 heavy (non-hydrogen) atoms. The van der Waals surface area contributed by atoms with Gasteiger partial charge < -0.3 is 10.9 Å². The van der Waals surface area contributed by atoms with E-state index in [4.69, 9.17) is 4.74 Å². The Morgan fingerprint density at radius 1 is 1.50 bits per heavy atom. The van der Waals surface area contributed by atoms with Gasteiger partial charge in [0.05, 0.1) is 13.3 Å².